The van der Waals surface area contributed by atoms with Crippen molar-refractivity contribution in [1.82, 2.24) is 9.97 Å². The Kier molecular flexibility index (Phi) is 3.91. The second-order valence-electron chi connectivity index (χ2n) is 6.89. The third kappa shape index (κ3) is 2.85. The molecule has 2 aliphatic heterocycles. The van der Waals surface area contributed by atoms with Crippen molar-refractivity contribution in [3.05, 3.63) is 11.9 Å². The summed E-state index contributed by atoms with van der Waals surface area (Å²) in [6.07, 6.45) is 2.65. The number of aryl methyl sites for hydroxylation is 1. The summed E-state index contributed by atoms with van der Waals surface area (Å²) in [5, 5.41) is 0. The molecule has 2 aliphatic rings. The number of ether oxygens (including phenoxy) is 2. The SMILES string of the molecule is Cc1nc(OC2CCOC2)ncc1B1OC(C)(C)C(C)(C)O1. The van der Waals surface area contributed by atoms with Crippen LogP contribution in [0.2, 0.25) is 0 Å². The van der Waals surface area contributed by atoms with Gasteiger partial charge >= 0.3 is 13.1 Å². The summed E-state index contributed by atoms with van der Waals surface area (Å²) in [5.41, 5.74) is 0.900. The molecule has 120 valence electrons. The first-order valence-electron chi connectivity index (χ1n) is 7.72. The van der Waals surface area contributed by atoms with E-state index in [1.165, 1.54) is 0 Å². The molecule has 0 saturated carbocycles. The molecule has 3 heterocycles. The molecule has 2 saturated heterocycles. The Balaban J connectivity index is 1.75. The molecule has 1 unspecified atom stereocenters. The quantitative estimate of drug-likeness (QED) is 0.783. The van der Waals surface area contributed by atoms with Gasteiger partial charge in [-0.15, -0.1) is 0 Å². The zero-order valence-electron chi connectivity index (χ0n) is 13.9. The number of hydrogen-bond donors (Lipinski definition) is 0. The second-order valence-corrected chi connectivity index (χ2v) is 6.89. The van der Waals surface area contributed by atoms with Gasteiger partial charge in [-0.3, -0.25) is 0 Å². The third-order valence-corrected chi connectivity index (χ3v) is 4.66. The summed E-state index contributed by atoms with van der Waals surface area (Å²) in [6, 6.07) is 0.383. The summed E-state index contributed by atoms with van der Waals surface area (Å²) >= 11 is 0. The van der Waals surface area contributed by atoms with Gasteiger partial charge in [0, 0.05) is 23.8 Å². The fourth-order valence-electron chi connectivity index (χ4n) is 2.47. The largest absolute Gasteiger partial charge is 0.498 e. The molecule has 2 fully saturated rings. The van der Waals surface area contributed by atoms with Gasteiger partial charge in [0.15, 0.2) is 0 Å². The first kappa shape index (κ1) is 15.7. The van der Waals surface area contributed by atoms with Crippen molar-refractivity contribution in [2.75, 3.05) is 13.2 Å². The average molecular weight is 306 g/mol. The molecular weight excluding hydrogens is 283 g/mol. The van der Waals surface area contributed by atoms with Gasteiger partial charge < -0.3 is 18.8 Å². The Morgan fingerprint density at radius 3 is 2.45 bits per heavy atom. The van der Waals surface area contributed by atoms with Crippen LogP contribution in [-0.2, 0) is 14.0 Å². The van der Waals surface area contributed by atoms with E-state index < -0.39 is 7.12 Å². The molecule has 3 rings (SSSR count). The van der Waals surface area contributed by atoms with Gasteiger partial charge in [0.25, 0.3) is 0 Å². The zero-order chi connectivity index (χ0) is 16.0. The highest BCUT2D eigenvalue weighted by atomic mass is 16.7. The molecule has 6 nitrogen and oxygen atoms in total. The molecule has 0 aliphatic carbocycles. The number of nitrogens with zero attached hydrogens (tertiary/aromatic N) is 2. The summed E-state index contributed by atoms with van der Waals surface area (Å²) in [5.74, 6) is 0. The smallest absolute Gasteiger partial charge is 0.458 e. The van der Waals surface area contributed by atoms with Crippen LogP contribution in [-0.4, -0.2) is 47.6 Å². The topological polar surface area (TPSA) is 62.7 Å². The van der Waals surface area contributed by atoms with Gasteiger partial charge in [-0.25, -0.2) is 9.97 Å². The Morgan fingerprint density at radius 1 is 1.23 bits per heavy atom. The van der Waals surface area contributed by atoms with E-state index in [2.05, 4.69) is 9.97 Å². The molecule has 0 N–H and O–H groups in total. The average Bonchev–Trinajstić information content (AvgIpc) is 2.96. The van der Waals surface area contributed by atoms with Gasteiger partial charge in [0.2, 0.25) is 0 Å². The fourth-order valence-corrected chi connectivity index (χ4v) is 2.47. The standard InChI is InChI=1S/C15H23BN2O4/c1-10-12(16-21-14(2,3)15(4,5)22-16)8-17-13(18-10)20-11-6-7-19-9-11/h8,11H,6-7,9H2,1-5H3. The molecule has 0 radical (unpaired) electrons. The van der Waals surface area contributed by atoms with Crippen molar-refractivity contribution >= 4 is 12.6 Å². The van der Waals surface area contributed by atoms with Crippen LogP contribution in [0.25, 0.3) is 0 Å². The van der Waals surface area contributed by atoms with Gasteiger partial charge in [-0.2, -0.15) is 0 Å². The minimum atomic E-state index is -0.450. The van der Waals surface area contributed by atoms with Crippen molar-refractivity contribution in [2.45, 2.75) is 58.3 Å². The van der Waals surface area contributed by atoms with Crippen LogP contribution in [0.5, 0.6) is 6.01 Å². The van der Waals surface area contributed by atoms with Gasteiger partial charge in [0.05, 0.1) is 24.4 Å². The minimum absolute atomic E-state index is 0.0436. The molecule has 0 bridgehead atoms. The number of rotatable bonds is 3. The fraction of sp³-hybridized carbons (Fsp3) is 0.733. The maximum Gasteiger partial charge on any atom is 0.498 e. The van der Waals surface area contributed by atoms with Crippen molar-refractivity contribution in [2.24, 2.45) is 0 Å². The first-order valence-corrected chi connectivity index (χ1v) is 7.72. The lowest BCUT2D eigenvalue weighted by atomic mass is 9.79. The molecule has 1 aromatic heterocycles. The highest BCUT2D eigenvalue weighted by molar-refractivity contribution is 6.62. The Labute approximate surface area is 131 Å². The Morgan fingerprint density at radius 2 is 1.91 bits per heavy atom. The highest BCUT2D eigenvalue weighted by Gasteiger charge is 2.52. The van der Waals surface area contributed by atoms with Crippen LogP contribution in [0.3, 0.4) is 0 Å². The minimum Gasteiger partial charge on any atom is -0.458 e. The number of hydrogen-bond acceptors (Lipinski definition) is 6. The van der Waals surface area contributed by atoms with E-state index >= 15 is 0 Å². The van der Waals surface area contributed by atoms with Gasteiger partial charge in [-0.1, -0.05) is 0 Å². The lowest BCUT2D eigenvalue weighted by molar-refractivity contribution is 0.00578. The van der Waals surface area contributed by atoms with Crippen LogP contribution in [0.15, 0.2) is 6.20 Å². The summed E-state index contributed by atoms with van der Waals surface area (Å²) < 4.78 is 23.1. The maximum atomic E-state index is 6.04. The van der Waals surface area contributed by atoms with E-state index in [1.54, 1.807) is 6.20 Å². The summed E-state index contributed by atoms with van der Waals surface area (Å²) in [4.78, 5) is 8.72. The van der Waals surface area contributed by atoms with Crippen molar-refractivity contribution in [1.29, 1.82) is 0 Å². The molecule has 0 amide bonds. The lowest BCUT2D eigenvalue weighted by Crippen LogP contribution is -2.41. The third-order valence-electron chi connectivity index (χ3n) is 4.66. The van der Waals surface area contributed by atoms with Gasteiger partial charge in [-0.05, 0) is 34.6 Å². The predicted molar refractivity (Wildman–Crippen MR) is 82.3 cm³/mol. The van der Waals surface area contributed by atoms with E-state index in [0.717, 1.165) is 24.2 Å². The first-order chi connectivity index (χ1) is 10.3. The van der Waals surface area contributed by atoms with Crippen LogP contribution >= 0.6 is 0 Å². The van der Waals surface area contributed by atoms with Crippen molar-refractivity contribution in [3.8, 4) is 6.01 Å². The molecule has 22 heavy (non-hydrogen) atoms. The molecule has 1 aromatic rings. The lowest BCUT2D eigenvalue weighted by Gasteiger charge is -2.32. The van der Waals surface area contributed by atoms with Crippen LogP contribution in [0, 0.1) is 6.92 Å². The normalized spacial score (nSPS) is 26.4. The molecule has 0 aromatic carbocycles. The predicted octanol–water partition coefficient (Wildman–Crippen LogP) is 1.25. The maximum absolute atomic E-state index is 6.04. The summed E-state index contributed by atoms with van der Waals surface area (Å²) in [7, 11) is -0.450. The highest BCUT2D eigenvalue weighted by Crippen LogP contribution is 2.36. The van der Waals surface area contributed by atoms with Crippen LogP contribution in [0.4, 0.5) is 0 Å². The Hall–Kier alpha value is -1.18. The Bertz CT molecular complexity index is 542. The molecule has 7 heteroatoms. The van der Waals surface area contributed by atoms with Crippen molar-refractivity contribution < 1.29 is 18.8 Å². The van der Waals surface area contributed by atoms with E-state index in [1.807, 2.05) is 34.6 Å². The van der Waals surface area contributed by atoms with E-state index in [0.29, 0.717) is 12.6 Å². The van der Waals surface area contributed by atoms with Crippen LogP contribution < -0.4 is 10.2 Å². The van der Waals surface area contributed by atoms with E-state index in [9.17, 15) is 0 Å². The van der Waals surface area contributed by atoms with Gasteiger partial charge in [0.1, 0.15) is 6.10 Å². The van der Waals surface area contributed by atoms with Crippen LogP contribution in [0.1, 0.15) is 39.8 Å². The van der Waals surface area contributed by atoms with Crippen molar-refractivity contribution in [3.63, 3.8) is 0 Å². The van der Waals surface area contributed by atoms with E-state index in [4.69, 9.17) is 18.8 Å². The summed E-state index contributed by atoms with van der Waals surface area (Å²) in [6.45, 7) is 11.4. The molecule has 0 spiro atoms. The van der Waals surface area contributed by atoms with E-state index in [-0.39, 0.29) is 17.3 Å². The molecular formula is C15H23BN2O4. The molecule has 1 atom stereocenters. The zero-order valence-corrected chi connectivity index (χ0v) is 13.9. The second kappa shape index (κ2) is 5.47. The number of aromatic nitrogens is 2. The monoisotopic (exact) mass is 306 g/mol.